The van der Waals surface area contributed by atoms with Crippen LogP contribution in [0.3, 0.4) is 0 Å². The molecule has 0 unspecified atom stereocenters. The van der Waals surface area contributed by atoms with Crippen LogP contribution in [0, 0.1) is 11.6 Å². The smallest absolute Gasteiger partial charge is 0.123 e. The van der Waals surface area contributed by atoms with Crippen LogP contribution < -0.4 is 0 Å². The monoisotopic (exact) mass is 262 g/mol. The lowest BCUT2D eigenvalue weighted by atomic mass is 9.90. The summed E-state index contributed by atoms with van der Waals surface area (Å²) in [4.78, 5) is 0. The molecule has 0 fully saturated rings. The molecule has 19 heavy (non-hydrogen) atoms. The summed E-state index contributed by atoms with van der Waals surface area (Å²) in [5, 5.41) is 10.4. The van der Waals surface area contributed by atoms with E-state index in [-0.39, 0.29) is 11.6 Å². The summed E-state index contributed by atoms with van der Waals surface area (Å²) in [7, 11) is 0. The second-order valence-corrected chi connectivity index (χ2v) is 5.11. The third-order valence-corrected chi connectivity index (χ3v) is 2.95. The van der Waals surface area contributed by atoms with Crippen LogP contribution in [0.15, 0.2) is 48.5 Å². The first-order chi connectivity index (χ1) is 8.94. The number of hydrogen-bond acceptors (Lipinski definition) is 1. The Balaban J connectivity index is 2.10. The second-order valence-electron chi connectivity index (χ2n) is 5.11. The molecule has 0 aliphatic carbocycles. The van der Waals surface area contributed by atoms with Crippen molar-refractivity contribution in [3.63, 3.8) is 0 Å². The number of hydrogen-bond donors (Lipinski definition) is 1. The normalized spacial score (nSPS) is 11.6. The van der Waals surface area contributed by atoms with E-state index in [1.807, 2.05) is 0 Å². The molecule has 0 amide bonds. The van der Waals surface area contributed by atoms with Gasteiger partial charge in [-0.25, -0.2) is 8.78 Å². The minimum absolute atomic E-state index is 0.320. The molecule has 1 nitrogen and oxygen atoms in total. The molecular weight excluding hydrogens is 246 g/mol. The Bertz CT molecular complexity index is 515. The Hall–Kier alpha value is -1.74. The van der Waals surface area contributed by atoms with Gasteiger partial charge in [0, 0.05) is 12.8 Å². The highest BCUT2D eigenvalue weighted by Crippen LogP contribution is 2.19. The van der Waals surface area contributed by atoms with Crippen LogP contribution in [0.4, 0.5) is 8.78 Å². The van der Waals surface area contributed by atoms with Crippen LogP contribution in [0.2, 0.25) is 0 Å². The molecule has 0 saturated carbocycles. The van der Waals surface area contributed by atoms with E-state index in [1.54, 1.807) is 31.2 Å². The van der Waals surface area contributed by atoms with E-state index in [4.69, 9.17) is 0 Å². The molecule has 0 aliphatic rings. The van der Waals surface area contributed by atoms with Crippen LogP contribution >= 0.6 is 0 Å². The van der Waals surface area contributed by atoms with Crippen molar-refractivity contribution in [3.8, 4) is 0 Å². The fourth-order valence-electron chi connectivity index (χ4n) is 2.24. The highest BCUT2D eigenvalue weighted by Gasteiger charge is 2.22. The Kier molecular flexibility index (Phi) is 3.96. The van der Waals surface area contributed by atoms with E-state index in [2.05, 4.69) is 0 Å². The van der Waals surface area contributed by atoms with Gasteiger partial charge in [-0.05, 0) is 42.3 Å². The van der Waals surface area contributed by atoms with Crippen molar-refractivity contribution in [1.29, 1.82) is 0 Å². The molecule has 100 valence electrons. The van der Waals surface area contributed by atoms with Crippen LogP contribution in [0.5, 0.6) is 0 Å². The van der Waals surface area contributed by atoms with Crippen molar-refractivity contribution < 1.29 is 13.9 Å². The second kappa shape index (κ2) is 5.49. The summed E-state index contributed by atoms with van der Waals surface area (Å²) in [6.07, 6.45) is 0.641. The van der Waals surface area contributed by atoms with Crippen molar-refractivity contribution in [2.75, 3.05) is 0 Å². The molecule has 0 radical (unpaired) electrons. The average Bonchev–Trinajstić information content (AvgIpc) is 2.27. The zero-order valence-electron chi connectivity index (χ0n) is 10.7. The van der Waals surface area contributed by atoms with Gasteiger partial charge in [0.05, 0.1) is 5.60 Å². The van der Waals surface area contributed by atoms with Gasteiger partial charge in [-0.15, -0.1) is 0 Å². The number of aliphatic hydroxyl groups is 1. The zero-order chi connectivity index (χ0) is 13.9. The molecule has 0 aromatic heterocycles. The fourth-order valence-corrected chi connectivity index (χ4v) is 2.24. The van der Waals surface area contributed by atoms with E-state index >= 15 is 0 Å². The maximum Gasteiger partial charge on any atom is 0.123 e. The molecule has 0 aliphatic heterocycles. The van der Waals surface area contributed by atoms with Crippen LogP contribution in [0.25, 0.3) is 0 Å². The predicted molar refractivity (Wildman–Crippen MR) is 70.8 cm³/mol. The Labute approximate surface area is 111 Å². The van der Waals surface area contributed by atoms with Gasteiger partial charge in [0.25, 0.3) is 0 Å². The van der Waals surface area contributed by atoms with Crippen molar-refractivity contribution in [2.45, 2.75) is 25.4 Å². The first-order valence-corrected chi connectivity index (χ1v) is 6.16. The lowest BCUT2D eigenvalue weighted by Gasteiger charge is -2.23. The third-order valence-electron chi connectivity index (χ3n) is 2.95. The molecule has 0 saturated heterocycles. The van der Waals surface area contributed by atoms with Gasteiger partial charge in [0.2, 0.25) is 0 Å². The molecule has 0 bridgehead atoms. The summed E-state index contributed by atoms with van der Waals surface area (Å²) >= 11 is 0. The molecule has 0 heterocycles. The summed E-state index contributed by atoms with van der Waals surface area (Å²) in [6, 6.07) is 12.3. The van der Waals surface area contributed by atoms with E-state index in [9.17, 15) is 13.9 Å². The van der Waals surface area contributed by atoms with Crippen LogP contribution in [0.1, 0.15) is 18.1 Å². The zero-order valence-corrected chi connectivity index (χ0v) is 10.7. The largest absolute Gasteiger partial charge is 0.389 e. The standard InChI is InChI=1S/C16H16F2O/c1-16(19,10-12-4-2-6-14(17)8-12)11-13-5-3-7-15(18)9-13/h2-9,19H,10-11H2,1H3. The summed E-state index contributed by atoms with van der Waals surface area (Å²) < 4.78 is 26.2. The van der Waals surface area contributed by atoms with Gasteiger partial charge in [-0.3, -0.25) is 0 Å². The van der Waals surface area contributed by atoms with E-state index in [1.165, 1.54) is 24.3 Å². The first-order valence-electron chi connectivity index (χ1n) is 6.16. The topological polar surface area (TPSA) is 20.2 Å². The highest BCUT2D eigenvalue weighted by molar-refractivity contribution is 5.22. The molecule has 3 heteroatoms. The number of halogens is 2. The summed E-state index contributed by atoms with van der Waals surface area (Å²) in [5.74, 6) is -0.641. The highest BCUT2D eigenvalue weighted by atomic mass is 19.1. The fraction of sp³-hybridized carbons (Fsp3) is 0.250. The van der Waals surface area contributed by atoms with Crippen molar-refractivity contribution in [1.82, 2.24) is 0 Å². The molecule has 2 aromatic carbocycles. The Morgan fingerprint density at radius 2 is 1.32 bits per heavy atom. The van der Waals surface area contributed by atoms with Gasteiger partial charge in [-0.2, -0.15) is 0 Å². The lowest BCUT2D eigenvalue weighted by molar-refractivity contribution is 0.0607. The Morgan fingerprint density at radius 3 is 1.68 bits per heavy atom. The molecule has 2 rings (SSSR count). The summed E-state index contributed by atoms with van der Waals surface area (Å²) in [6.45, 7) is 1.67. The van der Waals surface area contributed by atoms with Crippen molar-refractivity contribution in [3.05, 3.63) is 71.3 Å². The molecule has 2 aromatic rings. The SMILES string of the molecule is CC(O)(Cc1cccc(F)c1)Cc1cccc(F)c1. The maximum atomic E-state index is 13.1. The van der Waals surface area contributed by atoms with Gasteiger partial charge in [0.1, 0.15) is 11.6 Å². The molecule has 1 N–H and O–H groups in total. The number of benzene rings is 2. The third kappa shape index (κ3) is 4.14. The van der Waals surface area contributed by atoms with Gasteiger partial charge < -0.3 is 5.11 Å². The summed E-state index contributed by atoms with van der Waals surface area (Å²) in [5.41, 5.74) is 0.407. The van der Waals surface area contributed by atoms with E-state index in [0.29, 0.717) is 12.8 Å². The molecular formula is C16H16F2O. The molecule has 0 spiro atoms. The van der Waals surface area contributed by atoms with E-state index < -0.39 is 5.60 Å². The lowest BCUT2D eigenvalue weighted by Crippen LogP contribution is -2.30. The molecule has 0 atom stereocenters. The minimum atomic E-state index is -1.04. The predicted octanol–water partition coefficient (Wildman–Crippen LogP) is 3.50. The minimum Gasteiger partial charge on any atom is -0.389 e. The van der Waals surface area contributed by atoms with Crippen LogP contribution in [-0.2, 0) is 12.8 Å². The van der Waals surface area contributed by atoms with Crippen molar-refractivity contribution >= 4 is 0 Å². The van der Waals surface area contributed by atoms with Crippen LogP contribution in [-0.4, -0.2) is 10.7 Å². The first kappa shape index (κ1) is 13.7. The quantitative estimate of drug-likeness (QED) is 0.894. The van der Waals surface area contributed by atoms with Gasteiger partial charge in [0.15, 0.2) is 0 Å². The number of rotatable bonds is 4. The van der Waals surface area contributed by atoms with Gasteiger partial charge >= 0.3 is 0 Å². The maximum absolute atomic E-state index is 13.1. The van der Waals surface area contributed by atoms with Gasteiger partial charge in [-0.1, -0.05) is 24.3 Å². The van der Waals surface area contributed by atoms with E-state index in [0.717, 1.165) is 11.1 Å². The Morgan fingerprint density at radius 1 is 0.895 bits per heavy atom. The average molecular weight is 262 g/mol. The van der Waals surface area contributed by atoms with Crippen molar-refractivity contribution in [2.24, 2.45) is 0 Å².